The Morgan fingerprint density at radius 3 is 2.44 bits per heavy atom. The van der Waals surface area contributed by atoms with Crippen LogP contribution in [-0.2, 0) is 0 Å². The lowest BCUT2D eigenvalue weighted by Crippen LogP contribution is -2.31. The minimum Gasteiger partial charge on any atom is -0.339 e. The number of hydrogen-bond acceptors (Lipinski definition) is 4. The minimum absolute atomic E-state index is 0.356. The van der Waals surface area contributed by atoms with Crippen LogP contribution in [0.25, 0.3) is 0 Å². The normalized spacial score (nSPS) is 12.4. The molecule has 2 rings (SSSR count). The van der Waals surface area contributed by atoms with E-state index in [4.69, 9.17) is 0 Å². The summed E-state index contributed by atoms with van der Waals surface area (Å²) in [5, 5.41) is 0. The summed E-state index contributed by atoms with van der Waals surface area (Å²) in [5.74, 6) is 5.86. The van der Waals surface area contributed by atoms with Crippen molar-refractivity contribution in [3.05, 3.63) is 20.8 Å². The van der Waals surface area contributed by atoms with Gasteiger partial charge < -0.3 is 4.90 Å². The van der Waals surface area contributed by atoms with Crippen molar-refractivity contribution in [1.29, 1.82) is 0 Å². The van der Waals surface area contributed by atoms with Crippen molar-refractivity contribution in [3.63, 3.8) is 0 Å². The number of H-pyrrole nitrogens is 1. The first-order valence-corrected chi connectivity index (χ1v) is 5.33. The Balaban J connectivity index is 2.83. The number of hydrogen-bond donors (Lipinski definition) is 1. The van der Waals surface area contributed by atoms with Crippen molar-refractivity contribution in [1.82, 2.24) is 9.55 Å². The van der Waals surface area contributed by atoms with E-state index in [0.29, 0.717) is 18.2 Å². The van der Waals surface area contributed by atoms with Crippen molar-refractivity contribution >= 4 is 11.5 Å². The summed E-state index contributed by atoms with van der Waals surface area (Å²) in [5.41, 5.74) is -0.628. The van der Waals surface area contributed by atoms with Crippen LogP contribution in [-0.4, -0.2) is 23.3 Å². The average molecular weight is 244 g/mol. The molecule has 1 N–H and O–H groups in total. The molecule has 0 saturated carbocycles. The fourth-order valence-electron chi connectivity index (χ4n) is 1.90. The highest BCUT2D eigenvalue weighted by Crippen LogP contribution is 2.28. The zero-order valence-corrected chi connectivity index (χ0v) is 10.4. The van der Waals surface area contributed by atoms with Gasteiger partial charge in [0.25, 0.3) is 5.56 Å². The molecule has 0 spiro atoms. The van der Waals surface area contributed by atoms with E-state index in [0.717, 1.165) is 0 Å². The first kappa shape index (κ1) is 11.9. The Labute approximate surface area is 104 Å². The monoisotopic (exact) mass is 244 g/mol. The molecule has 1 aliphatic rings. The van der Waals surface area contributed by atoms with E-state index < -0.39 is 11.2 Å². The van der Waals surface area contributed by atoms with E-state index in [1.807, 2.05) is 0 Å². The molecule has 92 valence electrons. The second kappa shape index (κ2) is 4.34. The molecule has 2 heterocycles. The third kappa shape index (κ3) is 1.64. The molecule has 6 nitrogen and oxygen atoms in total. The lowest BCUT2D eigenvalue weighted by Gasteiger charge is -2.11. The Bertz CT molecular complexity index is 721. The smallest absolute Gasteiger partial charge is 0.339 e. The van der Waals surface area contributed by atoms with Gasteiger partial charge in [-0.1, -0.05) is 11.8 Å². The van der Waals surface area contributed by atoms with Gasteiger partial charge in [0.15, 0.2) is 11.5 Å². The number of rotatable bonds is 0. The number of aromatic amines is 1. The van der Waals surface area contributed by atoms with Crippen LogP contribution in [0.15, 0.2) is 9.59 Å². The molecule has 0 radical (unpaired) electrons. The quantitative estimate of drug-likeness (QED) is 0.628. The van der Waals surface area contributed by atoms with Crippen molar-refractivity contribution < 1.29 is 0 Å². The molecule has 0 amide bonds. The largest absolute Gasteiger partial charge is 0.342 e. The maximum Gasteiger partial charge on any atom is 0.342 e. The van der Waals surface area contributed by atoms with Crippen LogP contribution in [0.1, 0.15) is 13.8 Å². The topological polar surface area (TPSA) is 61.3 Å². The molecule has 0 saturated heterocycles. The average Bonchev–Trinajstić information content (AvgIpc) is 2.62. The molecule has 1 aromatic heterocycles. The second-order valence-corrected chi connectivity index (χ2v) is 3.76. The summed E-state index contributed by atoms with van der Waals surface area (Å²) < 4.78 is 1.23. The van der Waals surface area contributed by atoms with Gasteiger partial charge in [-0.15, -0.1) is 0 Å². The molecule has 0 fully saturated rings. The second-order valence-electron chi connectivity index (χ2n) is 3.76. The van der Waals surface area contributed by atoms with Gasteiger partial charge in [0, 0.05) is 19.1 Å². The maximum atomic E-state index is 11.9. The van der Waals surface area contributed by atoms with Crippen LogP contribution in [0, 0.1) is 23.9 Å². The third-order valence-corrected chi connectivity index (χ3v) is 2.52. The summed E-state index contributed by atoms with van der Waals surface area (Å²) in [6, 6.07) is 5.48. The first-order valence-electron chi connectivity index (χ1n) is 5.33. The van der Waals surface area contributed by atoms with E-state index in [9.17, 15) is 9.59 Å². The van der Waals surface area contributed by atoms with Gasteiger partial charge in [-0.25, -0.2) is 9.36 Å². The van der Waals surface area contributed by atoms with E-state index in [1.54, 1.807) is 30.7 Å². The number of nitrogens with one attached hydrogen (secondary N) is 1. The predicted octanol–water partition coefficient (Wildman–Crippen LogP) is -0.440. The van der Waals surface area contributed by atoms with Crippen LogP contribution in [0.4, 0.5) is 11.5 Å². The molecule has 0 aliphatic carbocycles. The summed E-state index contributed by atoms with van der Waals surface area (Å²) >= 11 is 0. The Morgan fingerprint density at radius 1 is 1.17 bits per heavy atom. The lowest BCUT2D eigenvalue weighted by molar-refractivity contribution is 0.889. The van der Waals surface area contributed by atoms with Gasteiger partial charge in [-0.3, -0.25) is 14.7 Å². The fraction of sp³-hybridized carbons (Fsp3) is 0.333. The van der Waals surface area contributed by atoms with Gasteiger partial charge in [0.1, 0.15) is 6.67 Å². The summed E-state index contributed by atoms with van der Waals surface area (Å²) in [4.78, 5) is 29.2. The van der Waals surface area contributed by atoms with Crippen molar-refractivity contribution in [2.45, 2.75) is 13.8 Å². The fourth-order valence-corrected chi connectivity index (χ4v) is 1.90. The van der Waals surface area contributed by atoms with Gasteiger partial charge >= 0.3 is 5.69 Å². The maximum absolute atomic E-state index is 11.9. The SMILES string of the molecule is CC#CN1CN(C)c2c1c(=O)[nH]c(=O)n2C#CC. The number of nitrogens with zero attached hydrogens (tertiary/aromatic N) is 3. The lowest BCUT2D eigenvalue weighted by atomic mass is 10.4. The van der Waals surface area contributed by atoms with Gasteiger partial charge in [-0.05, 0) is 13.8 Å². The first-order chi connectivity index (χ1) is 8.60. The van der Waals surface area contributed by atoms with E-state index >= 15 is 0 Å². The molecule has 0 bridgehead atoms. The molecule has 6 heteroatoms. The predicted molar refractivity (Wildman–Crippen MR) is 69.4 cm³/mol. The summed E-state index contributed by atoms with van der Waals surface area (Å²) in [6.07, 6.45) is 0. The van der Waals surface area contributed by atoms with Crippen molar-refractivity contribution in [2.24, 2.45) is 0 Å². The Kier molecular flexibility index (Phi) is 2.86. The van der Waals surface area contributed by atoms with Gasteiger partial charge in [0.05, 0.1) is 0 Å². The van der Waals surface area contributed by atoms with Crippen LogP contribution < -0.4 is 21.0 Å². The highest BCUT2D eigenvalue weighted by Gasteiger charge is 2.29. The number of fused-ring (bicyclic) bond motifs is 1. The van der Waals surface area contributed by atoms with Crippen LogP contribution in [0.3, 0.4) is 0 Å². The molecule has 0 aromatic carbocycles. The Morgan fingerprint density at radius 2 is 1.83 bits per heavy atom. The molecule has 18 heavy (non-hydrogen) atoms. The molecule has 0 unspecified atom stereocenters. The zero-order chi connectivity index (χ0) is 13.3. The van der Waals surface area contributed by atoms with Gasteiger partial charge in [-0.2, -0.15) is 0 Å². The van der Waals surface area contributed by atoms with E-state index in [2.05, 4.69) is 28.9 Å². The van der Waals surface area contributed by atoms with Crippen molar-refractivity contribution in [3.8, 4) is 23.9 Å². The highest BCUT2D eigenvalue weighted by atomic mass is 16.2. The number of anilines is 2. The molecule has 0 atom stereocenters. The third-order valence-electron chi connectivity index (χ3n) is 2.52. The number of aromatic nitrogens is 2. The molecular weight excluding hydrogens is 232 g/mol. The summed E-state index contributed by atoms with van der Waals surface area (Å²) in [7, 11) is 1.78. The van der Waals surface area contributed by atoms with Crippen molar-refractivity contribution in [2.75, 3.05) is 23.5 Å². The highest BCUT2D eigenvalue weighted by molar-refractivity contribution is 5.74. The molecular formula is C12H12N4O2. The van der Waals surface area contributed by atoms with Crippen LogP contribution in [0.2, 0.25) is 0 Å². The van der Waals surface area contributed by atoms with Crippen LogP contribution in [0.5, 0.6) is 0 Å². The molecule has 1 aliphatic heterocycles. The zero-order valence-electron chi connectivity index (χ0n) is 10.4. The summed E-state index contributed by atoms with van der Waals surface area (Å²) in [6.45, 7) is 3.74. The standard InChI is InChI=1S/C12H12N4O2/c1-4-6-15-8-14(3)11-9(15)10(17)13-12(18)16(11)7-5-2/h8H2,1-3H3,(H,13,17,18). The Hall–Kier alpha value is -2.60. The molecule has 1 aromatic rings. The van der Waals surface area contributed by atoms with Gasteiger partial charge in [0.2, 0.25) is 0 Å². The van der Waals surface area contributed by atoms with Crippen LogP contribution >= 0.6 is 0 Å². The minimum atomic E-state index is -0.536. The van der Waals surface area contributed by atoms with E-state index in [-0.39, 0.29) is 0 Å². The van der Waals surface area contributed by atoms with E-state index in [1.165, 1.54) is 4.57 Å².